The Labute approximate surface area is 521 Å². The molecule has 86 heavy (non-hydrogen) atoms. The first-order valence-corrected chi connectivity index (χ1v) is 34.7. The van der Waals surface area contributed by atoms with E-state index < -0.39 is 15.9 Å². The molecule has 23 nitrogen and oxygen atoms in total. The van der Waals surface area contributed by atoms with Crippen molar-refractivity contribution in [1.82, 2.24) is 0 Å². The van der Waals surface area contributed by atoms with E-state index in [0.717, 1.165) is 13.0 Å². The maximum atomic E-state index is 10.6. The molecule has 0 amide bonds. The Morgan fingerprint density at radius 1 is 0.174 bits per heavy atom. The molecule has 0 heterocycles. The van der Waals surface area contributed by atoms with Gasteiger partial charge in [0.05, 0.1) is 263 Å². The van der Waals surface area contributed by atoms with E-state index in [1.165, 1.54) is 122 Å². The minimum Gasteiger partial charge on any atom is -0.379 e. The van der Waals surface area contributed by atoms with Crippen molar-refractivity contribution in [2.24, 2.45) is 0 Å². The van der Waals surface area contributed by atoms with Crippen molar-refractivity contribution < 1.29 is 108 Å². The van der Waals surface area contributed by atoms with E-state index >= 15 is 0 Å². The predicted molar refractivity (Wildman–Crippen MR) is 331 cm³/mol. The summed E-state index contributed by atoms with van der Waals surface area (Å²) in [5.74, 6) is -0.431. The molecule has 0 spiro atoms. The zero-order valence-corrected chi connectivity index (χ0v) is 54.8. The van der Waals surface area contributed by atoms with Crippen LogP contribution in [-0.4, -0.2) is 283 Å². The topological polar surface area (TPSA) is 239 Å². The van der Waals surface area contributed by atoms with Crippen LogP contribution in [0.1, 0.15) is 135 Å². The third-order valence-electron chi connectivity index (χ3n) is 12.7. The number of rotatable bonds is 81. The summed E-state index contributed by atoms with van der Waals surface area (Å²) in [5.41, 5.74) is 0. The Bertz CT molecular complexity index is 1320. The standard InChI is InChI=1S/C62H126O23S/c1-2-3-4-5-6-7-8-9-10-11-12-13-14-15-16-17-18-19-20-21-22-66-23-24-67-25-26-68-27-28-69-29-30-70-31-32-71-33-34-72-35-36-73-37-38-74-39-40-75-41-42-76-43-44-77-45-46-78-47-48-79-49-50-80-51-52-81-53-54-82-55-56-83-57-58-84-59-60-85-61-62-86(63,64)65/h2-62H2,1H3,(H,63,64,65). The summed E-state index contributed by atoms with van der Waals surface area (Å²) in [7, 11) is -4.00. The Hall–Kier alpha value is -0.890. The van der Waals surface area contributed by atoms with Crippen LogP contribution in [0.25, 0.3) is 0 Å². The van der Waals surface area contributed by atoms with Gasteiger partial charge in [-0.25, -0.2) is 0 Å². The first kappa shape index (κ1) is 85.1. The van der Waals surface area contributed by atoms with Crippen molar-refractivity contribution in [3.8, 4) is 0 Å². The smallest absolute Gasteiger partial charge is 0.267 e. The van der Waals surface area contributed by atoms with Crippen LogP contribution in [0.15, 0.2) is 0 Å². The van der Waals surface area contributed by atoms with Gasteiger partial charge in [0, 0.05) is 6.61 Å². The Kier molecular flexibility index (Phi) is 77.5. The average Bonchev–Trinajstić information content (AvgIpc) is 3.51. The normalized spacial score (nSPS) is 12.0. The molecule has 0 unspecified atom stereocenters. The van der Waals surface area contributed by atoms with Gasteiger partial charge in [-0.05, 0) is 6.42 Å². The molecule has 0 bridgehead atoms. The summed E-state index contributed by atoms with van der Waals surface area (Å²) < 4.78 is 140. The summed E-state index contributed by atoms with van der Waals surface area (Å²) in [6, 6.07) is 0. The molecule has 0 aliphatic rings. The molecule has 0 aliphatic carbocycles. The number of hydrogen-bond acceptors (Lipinski definition) is 22. The third kappa shape index (κ3) is 83.1. The van der Waals surface area contributed by atoms with Crippen molar-refractivity contribution in [1.29, 1.82) is 0 Å². The molecule has 518 valence electrons. The molecule has 0 aromatic heterocycles. The van der Waals surface area contributed by atoms with Gasteiger partial charge >= 0.3 is 0 Å². The van der Waals surface area contributed by atoms with Crippen LogP contribution < -0.4 is 0 Å². The maximum Gasteiger partial charge on any atom is 0.267 e. The summed E-state index contributed by atoms with van der Waals surface area (Å²) in [6.45, 7) is 21.2. The van der Waals surface area contributed by atoms with Crippen LogP contribution in [0.3, 0.4) is 0 Å². The van der Waals surface area contributed by atoms with Crippen LogP contribution in [0.2, 0.25) is 0 Å². The second kappa shape index (κ2) is 78.4. The largest absolute Gasteiger partial charge is 0.379 e. The van der Waals surface area contributed by atoms with E-state index in [-0.39, 0.29) is 13.2 Å². The summed E-state index contributed by atoms with van der Waals surface area (Å²) in [6.07, 6.45) is 28.0. The molecule has 0 radical (unpaired) electrons. The number of unbranched alkanes of at least 4 members (excludes halogenated alkanes) is 19. The van der Waals surface area contributed by atoms with Crippen molar-refractivity contribution >= 4 is 10.1 Å². The Balaban J connectivity index is 3.09. The lowest BCUT2D eigenvalue weighted by atomic mass is 10.0. The molecular formula is C62H126O23S. The first-order valence-electron chi connectivity index (χ1n) is 33.1. The second-order valence-electron chi connectivity index (χ2n) is 20.3. The average molecular weight is 1270 g/mol. The quantitative estimate of drug-likeness (QED) is 0.0448. The number of ether oxygens (including phenoxy) is 20. The van der Waals surface area contributed by atoms with E-state index in [2.05, 4.69) is 6.92 Å². The minimum absolute atomic E-state index is 0.0739. The second-order valence-corrected chi connectivity index (χ2v) is 21.8. The molecule has 0 aromatic carbocycles. The van der Waals surface area contributed by atoms with Gasteiger partial charge in [-0.1, -0.05) is 129 Å². The molecule has 0 fully saturated rings. The Morgan fingerprint density at radius 3 is 0.430 bits per heavy atom. The highest BCUT2D eigenvalue weighted by molar-refractivity contribution is 7.85. The van der Waals surface area contributed by atoms with Crippen molar-refractivity contribution in [3.05, 3.63) is 0 Å². The van der Waals surface area contributed by atoms with Gasteiger partial charge in [-0.2, -0.15) is 8.42 Å². The van der Waals surface area contributed by atoms with Crippen molar-refractivity contribution in [3.63, 3.8) is 0 Å². The molecular weight excluding hydrogens is 1140 g/mol. The monoisotopic (exact) mass is 1270 g/mol. The van der Waals surface area contributed by atoms with Crippen molar-refractivity contribution in [2.75, 3.05) is 270 Å². The van der Waals surface area contributed by atoms with Gasteiger partial charge in [0.2, 0.25) is 0 Å². The summed E-state index contributed by atoms with van der Waals surface area (Å²) >= 11 is 0. The van der Waals surface area contributed by atoms with Gasteiger partial charge in [0.15, 0.2) is 0 Å². The molecule has 0 atom stereocenters. The van der Waals surface area contributed by atoms with Gasteiger partial charge in [0.1, 0.15) is 0 Å². The lowest BCUT2D eigenvalue weighted by Crippen LogP contribution is -2.16. The Morgan fingerprint density at radius 2 is 0.291 bits per heavy atom. The van der Waals surface area contributed by atoms with Crippen molar-refractivity contribution in [2.45, 2.75) is 135 Å². The lowest BCUT2D eigenvalue weighted by Gasteiger charge is -2.09. The highest BCUT2D eigenvalue weighted by Gasteiger charge is 2.04. The molecule has 0 aromatic rings. The van der Waals surface area contributed by atoms with E-state index in [9.17, 15) is 8.42 Å². The van der Waals surface area contributed by atoms with Crippen LogP contribution in [0.4, 0.5) is 0 Å². The lowest BCUT2D eigenvalue weighted by molar-refractivity contribution is -0.0314. The molecule has 24 heteroatoms. The zero-order chi connectivity index (χ0) is 61.8. The van der Waals surface area contributed by atoms with E-state index in [1.54, 1.807) is 0 Å². The van der Waals surface area contributed by atoms with Crippen LogP contribution >= 0.6 is 0 Å². The molecule has 0 saturated heterocycles. The van der Waals surface area contributed by atoms with E-state index in [4.69, 9.17) is 99.3 Å². The predicted octanol–water partition coefficient (Wildman–Crippen LogP) is 8.03. The fourth-order valence-electron chi connectivity index (χ4n) is 7.90. The first-order chi connectivity index (χ1) is 42.6. The van der Waals surface area contributed by atoms with Gasteiger partial charge < -0.3 is 94.7 Å². The van der Waals surface area contributed by atoms with Gasteiger partial charge in [0.25, 0.3) is 10.1 Å². The molecule has 0 rings (SSSR count). The van der Waals surface area contributed by atoms with Crippen LogP contribution in [0.5, 0.6) is 0 Å². The maximum absolute atomic E-state index is 10.6. The molecule has 1 N–H and O–H groups in total. The van der Waals surface area contributed by atoms with E-state index in [0.29, 0.717) is 244 Å². The number of hydrogen-bond donors (Lipinski definition) is 1. The molecule has 0 aliphatic heterocycles. The van der Waals surface area contributed by atoms with Gasteiger partial charge in [-0.3, -0.25) is 4.55 Å². The fraction of sp³-hybridized carbons (Fsp3) is 1.00. The summed E-state index contributed by atoms with van der Waals surface area (Å²) in [5, 5.41) is 0. The summed E-state index contributed by atoms with van der Waals surface area (Å²) in [4.78, 5) is 0. The highest BCUT2D eigenvalue weighted by Crippen LogP contribution is 2.15. The van der Waals surface area contributed by atoms with Gasteiger partial charge in [-0.15, -0.1) is 0 Å². The molecule has 0 saturated carbocycles. The van der Waals surface area contributed by atoms with E-state index in [1.807, 2.05) is 0 Å². The van der Waals surface area contributed by atoms with Crippen LogP contribution in [-0.2, 0) is 105 Å². The third-order valence-corrected chi connectivity index (χ3v) is 13.4. The SMILES string of the molecule is CCCCCCCCCCCCCCCCCCCCCCOCCOCCOCCOCCOCCOCCOCCOCCOCCOCCOCCOCCOCCOCCOCCOCCOCCOCCOCCOCCS(=O)(=O)O. The van der Waals surface area contributed by atoms with Crippen LogP contribution in [0, 0.1) is 0 Å². The minimum atomic E-state index is -4.00. The highest BCUT2D eigenvalue weighted by atomic mass is 32.2. The zero-order valence-electron chi connectivity index (χ0n) is 54.0. The fourth-order valence-corrected chi connectivity index (χ4v) is 8.23.